The molecule has 0 aliphatic carbocycles. The van der Waals surface area contributed by atoms with Gasteiger partial charge in [0.05, 0.1) is 32.5 Å². The van der Waals surface area contributed by atoms with Crippen molar-refractivity contribution in [2.45, 2.75) is 40.4 Å². The predicted molar refractivity (Wildman–Crippen MR) is 81.9 cm³/mol. The van der Waals surface area contributed by atoms with E-state index < -0.39 is 13.6 Å². The zero-order chi connectivity index (χ0) is 16.8. The summed E-state index contributed by atoms with van der Waals surface area (Å²) in [6.07, 6.45) is -0.0574. The van der Waals surface area contributed by atoms with Gasteiger partial charge < -0.3 is 23.9 Å². The second-order valence-corrected chi connectivity index (χ2v) is 6.52. The van der Waals surface area contributed by atoms with Gasteiger partial charge in [-0.3, -0.25) is 4.57 Å². The van der Waals surface area contributed by atoms with Gasteiger partial charge in [0, 0.05) is 5.56 Å². The quantitative estimate of drug-likeness (QED) is 0.547. The van der Waals surface area contributed by atoms with Crippen LogP contribution in [-0.4, -0.2) is 25.8 Å². The lowest BCUT2D eigenvalue weighted by atomic mass is 10.1. The van der Waals surface area contributed by atoms with Crippen LogP contribution in [0, 0.1) is 6.92 Å². The second kappa shape index (κ2) is 8.48. The summed E-state index contributed by atoms with van der Waals surface area (Å²) in [7, 11) is -3.36. The van der Waals surface area contributed by atoms with E-state index in [0.29, 0.717) is 17.1 Å². The lowest BCUT2D eigenvalue weighted by Gasteiger charge is -2.17. The number of carbonyl (C=O) groups excluding carboxylic acids is 1. The number of carbonyl (C=O) groups is 1. The van der Waals surface area contributed by atoms with Gasteiger partial charge in [-0.25, -0.2) is 4.79 Å². The maximum absolute atomic E-state index is 12.7. The summed E-state index contributed by atoms with van der Waals surface area (Å²) in [5, 5.41) is 0. The number of rotatable bonds is 9. The molecule has 0 saturated heterocycles. The van der Waals surface area contributed by atoms with E-state index in [-0.39, 0.29) is 38.1 Å². The molecule has 0 aromatic carbocycles. The highest BCUT2D eigenvalue weighted by atomic mass is 31.2. The molecule has 7 nitrogen and oxygen atoms in total. The summed E-state index contributed by atoms with van der Waals surface area (Å²) < 4.78 is 33.8. The van der Waals surface area contributed by atoms with E-state index in [1.165, 1.54) is 0 Å². The summed E-state index contributed by atoms with van der Waals surface area (Å²) in [6, 6.07) is 0. The third-order valence-corrected chi connectivity index (χ3v) is 4.96. The van der Waals surface area contributed by atoms with Gasteiger partial charge in [0.1, 0.15) is 17.1 Å². The average Bonchev–Trinajstić information content (AvgIpc) is 2.76. The molecule has 1 heterocycles. The first kappa shape index (κ1) is 18.9. The van der Waals surface area contributed by atoms with Crippen molar-refractivity contribution in [3.63, 3.8) is 0 Å². The highest BCUT2D eigenvalue weighted by molar-refractivity contribution is 7.53. The number of hydrogen-bond acceptors (Lipinski definition) is 7. The molecule has 8 heteroatoms. The second-order valence-electron chi connectivity index (χ2n) is 4.46. The van der Waals surface area contributed by atoms with Crippen molar-refractivity contribution in [1.29, 1.82) is 0 Å². The molecule has 0 aliphatic rings. The van der Waals surface area contributed by atoms with Crippen LogP contribution in [0.4, 0.5) is 0 Å². The van der Waals surface area contributed by atoms with E-state index in [2.05, 4.69) is 0 Å². The first-order chi connectivity index (χ1) is 10.4. The Balaban J connectivity index is 3.25. The van der Waals surface area contributed by atoms with E-state index in [1.54, 1.807) is 27.7 Å². The van der Waals surface area contributed by atoms with Crippen LogP contribution in [0.25, 0.3) is 0 Å². The third kappa shape index (κ3) is 4.43. The van der Waals surface area contributed by atoms with Crippen molar-refractivity contribution < 1.29 is 27.6 Å². The predicted octanol–water partition coefficient (Wildman–Crippen LogP) is 2.99. The summed E-state index contributed by atoms with van der Waals surface area (Å²) in [6.45, 7) is 7.59. The first-order valence-corrected chi connectivity index (χ1v) is 9.01. The minimum Gasteiger partial charge on any atom is -0.464 e. The zero-order valence-corrected chi connectivity index (χ0v) is 14.4. The number of aryl methyl sites for hydroxylation is 1. The van der Waals surface area contributed by atoms with Crippen molar-refractivity contribution >= 4 is 13.6 Å². The standard InChI is InChI=1S/C14H24NO6P/c1-5-18-14(16)13-11(10(4)21-12(13)8-15)9-22(17,19-6-2)20-7-3/h5-9,15H2,1-4H3. The molecule has 0 spiro atoms. The molecule has 0 unspecified atom stereocenters. The van der Waals surface area contributed by atoms with Gasteiger partial charge in [0.2, 0.25) is 0 Å². The molecule has 1 aromatic rings. The molecule has 0 aliphatic heterocycles. The Morgan fingerprint density at radius 3 is 2.23 bits per heavy atom. The topological polar surface area (TPSA) is 101 Å². The van der Waals surface area contributed by atoms with Crippen LogP contribution in [0.5, 0.6) is 0 Å². The maximum atomic E-state index is 12.7. The monoisotopic (exact) mass is 333 g/mol. The Hall–Kier alpha value is -1.14. The zero-order valence-electron chi connectivity index (χ0n) is 13.5. The number of esters is 1. The number of furan rings is 1. The molecular formula is C14H24NO6P. The van der Waals surface area contributed by atoms with Crippen LogP contribution in [0.3, 0.4) is 0 Å². The van der Waals surface area contributed by atoms with Crippen molar-refractivity contribution in [1.82, 2.24) is 0 Å². The molecule has 0 amide bonds. The smallest absolute Gasteiger partial charge is 0.342 e. The SMILES string of the molecule is CCOC(=O)c1c(CN)oc(C)c1CP(=O)(OCC)OCC. The molecule has 0 saturated carbocycles. The van der Waals surface area contributed by atoms with Gasteiger partial charge >= 0.3 is 13.6 Å². The van der Waals surface area contributed by atoms with Crippen LogP contribution >= 0.6 is 7.60 Å². The van der Waals surface area contributed by atoms with Gasteiger partial charge in [-0.1, -0.05) is 0 Å². The van der Waals surface area contributed by atoms with Crippen molar-refractivity contribution in [2.75, 3.05) is 19.8 Å². The Morgan fingerprint density at radius 2 is 1.77 bits per heavy atom. The van der Waals surface area contributed by atoms with E-state index in [0.717, 1.165) is 0 Å². The highest BCUT2D eigenvalue weighted by Crippen LogP contribution is 2.52. The molecule has 22 heavy (non-hydrogen) atoms. The van der Waals surface area contributed by atoms with Crippen molar-refractivity contribution in [3.8, 4) is 0 Å². The van der Waals surface area contributed by atoms with Crippen LogP contribution in [0.15, 0.2) is 4.42 Å². The van der Waals surface area contributed by atoms with Crippen molar-refractivity contribution in [3.05, 3.63) is 22.6 Å². The summed E-state index contributed by atoms with van der Waals surface area (Å²) in [4.78, 5) is 12.2. The lowest BCUT2D eigenvalue weighted by molar-refractivity contribution is 0.0523. The molecule has 0 bridgehead atoms. The van der Waals surface area contributed by atoms with Gasteiger partial charge in [-0.05, 0) is 27.7 Å². The lowest BCUT2D eigenvalue weighted by Crippen LogP contribution is -2.12. The molecule has 1 rings (SSSR count). The Morgan fingerprint density at radius 1 is 1.18 bits per heavy atom. The molecule has 0 fully saturated rings. The van der Waals surface area contributed by atoms with Crippen LogP contribution in [-0.2, 0) is 31.1 Å². The number of ether oxygens (including phenoxy) is 1. The van der Waals surface area contributed by atoms with Crippen LogP contribution < -0.4 is 5.73 Å². The Labute approximate surface area is 130 Å². The van der Waals surface area contributed by atoms with E-state index >= 15 is 0 Å². The van der Waals surface area contributed by atoms with E-state index in [9.17, 15) is 9.36 Å². The van der Waals surface area contributed by atoms with Crippen molar-refractivity contribution in [2.24, 2.45) is 5.73 Å². The largest absolute Gasteiger partial charge is 0.464 e. The highest BCUT2D eigenvalue weighted by Gasteiger charge is 2.32. The fourth-order valence-corrected chi connectivity index (χ4v) is 3.94. The first-order valence-electron chi connectivity index (χ1n) is 7.28. The number of hydrogen-bond donors (Lipinski definition) is 1. The molecule has 0 radical (unpaired) electrons. The molecule has 1 aromatic heterocycles. The summed E-state index contributed by atoms with van der Waals surface area (Å²) in [5.74, 6) is 0.225. The minimum absolute atomic E-state index is 0.0442. The van der Waals surface area contributed by atoms with E-state index in [4.69, 9.17) is 23.9 Å². The summed E-state index contributed by atoms with van der Waals surface area (Å²) >= 11 is 0. The normalized spacial score (nSPS) is 11.7. The fourth-order valence-electron chi connectivity index (χ4n) is 2.13. The summed E-state index contributed by atoms with van der Waals surface area (Å²) in [5.41, 5.74) is 6.30. The molecule has 126 valence electrons. The maximum Gasteiger partial charge on any atom is 0.342 e. The molecule has 0 atom stereocenters. The van der Waals surface area contributed by atoms with Gasteiger partial charge in [0.15, 0.2) is 0 Å². The van der Waals surface area contributed by atoms with Crippen LogP contribution in [0.1, 0.15) is 48.2 Å². The average molecular weight is 333 g/mol. The van der Waals surface area contributed by atoms with Gasteiger partial charge in [-0.15, -0.1) is 0 Å². The Bertz CT molecular complexity index is 544. The van der Waals surface area contributed by atoms with Gasteiger partial charge in [-0.2, -0.15) is 0 Å². The van der Waals surface area contributed by atoms with E-state index in [1.807, 2.05) is 0 Å². The number of nitrogens with two attached hydrogens (primary N) is 1. The van der Waals surface area contributed by atoms with Gasteiger partial charge in [0.25, 0.3) is 0 Å². The molecule has 2 N–H and O–H groups in total. The van der Waals surface area contributed by atoms with Crippen LogP contribution in [0.2, 0.25) is 0 Å². The minimum atomic E-state index is -3.36. The third-order valence-electron chi connectivity index (χ3n) is 2.95. The Kier molecular flexibility index (Phi) is 7.29. The molecular weight excluding hydrogens is 309 g/mol. The fraction of sp³-hybridized carbons (Fsp3) is 0.643.